The minimum absolute atomic E-state index is 0.151. The van der Waals surface area contributed by atoms with Gasteiger partial charge in [-0.2, -0.15) is 4.98 Å². The third-order valence-corrected chi connectivity index (χ3v) is 5.22. The first kappa shape index (κ1) is 22.2. The fourth-order valence-electron chi connectivity index (χ4n) is 3.40. The third-order valence-electron chi connectivity index (χ3n) is 5.22. The van der Waals surface area contributed by atoms with Crippen LogP contribution in [0.4, 0.5) is 21.1 Å². The lowest BCUT2D eigenvalue weighted by Gasteiger charge is -2.22. The average Bonchev–Trinajstić information content (AvgIpc) is 3.17. The summed E-state index contributed by atoms with van der Waals surface area (Å²) < 4.78 is 23.7. The number of benzene rings is 1. The molecule has 1 aliphatic rings. The predicted octanol–water partition coefficient (Wildman–Crippen LogP) is 3.65. The topological polar surface area (TPSA) is 122 Å². The number of aromatic nitrogens is 4. The standard InChI is InChI=1S/C22H23FN6O4/c1-12(2)17-10-32-22(31)29(17)21-25-11-24-20(28-21)26-13(3)16-8-9-18(27-19(16)30)33-15-6-4-14(23)5-7-15/h4-9,11-13,17H,10H2,1-3H3,(H,27,30)(H,24,25,26,28)/t13-,17?/m0/s1. The number of hydrogen-bond donors (Lipinski definition) is 2. The van der Waals surface area contributed by atoms with Crippen LogP contribution in [0.25, 0.3) is 0 Å². The molecule has 11 heteroatoms. The number of halogens is 1. The molecule has 172 valence electrons. The Morgan fingerprint density at radius 1 is 1.15 bits per heavy atom. The molecule has 1 fully saturated rings. The van der Waals surface area contributed by atoms with Gasteiger partial charge in [-0.1, -0.05) is 13.8 Å². The van der Waals surface area contributed by atoms with Crippen molar-refractivity contribution in [3.8, 4) is 11.6 Å². The largest absolute Gasteiger partial charge is 0.447 e. The van der Waals surface area contributed by atoms with E-state index in [-0.39, 0.29) is 47.7 Å². The van der Waals surface area contributed by atoms with E-state index in [1.165, 1.54) is 35.5 Å². The molecular weight excluding hydrogens is 431 g/mol. The smallest absolute Gasteiger partial charge is 0.417 e. The van der Waals surface area contributed by atoms with Crippen molar-refractivity contribution >= 4 is 18.0 Å². The number of nitrogens with zero attached hydrogens (tertiary/aromatic N) is 4. The lowest BCUT2D eigenvalue weighted by atomic mass is 10.1. The highest BCUT2D eigenvalue weighted by Gasteiger charge is 2.38. The number of carbonyl (C=O) groups excluding carboxylic acids is 1. The quantitative estimate of drug-likeness (QED) is 0.555. The fraction of sp³-hybridized carbons (Fsp3) is 0.318. The number of ether oxygens (including phenoxy) is 2. The zero-order chi connectivity index (χ0) is 23.5. The van der Waals surface area contributed by atoms with Gasteiger partial charge in [-0.25, -0.2) is 24.1 Å². The number of carbonyl (C=O) groups is 1. The molecule has 4 rings (SSSR count). The normalized spacial score (nSPS) is 16.6. The summed E-state index contributed by atoms with van der Waals surface area (Å²) >= 11 is 0. The van der Waals surface area contributed by atoms with Crippen molar-refractivity contribution in [2.24, 2.45) is 5.92 Å². The molecule has 1 amide bonds. The summed E-state index contributed by atoms with van der Waals surface area (Å²) in [5, 5.41) is 3.05. The summed E-state index contributed by atoms with van der Waals surface area (Å²) in [6.07, 6.45) is 0.789. The fourth-order valence-corrected chi connectivity index (χ4v) is 3.40. The number of pyridine rings is 1. The second-order valence-electron chi connectivity index (χ2n) is 7.90. The molecule has 10 nitrogen and oxygen atoms in total. The first-order valence-corrected chi connectivity index (χ1v) is 10.4. The first-order chi connectivity index (χ1) is 15.8. The maximum Gasteiger partial charge on any atom is 0.417 e. The van der Waals surface area contributed by atoms with Crippen LogP contribution in [0.5, 0.6) is 11.6 Å². The van der Waals surface area contributed by atoms with Crippen LogP contribution in [-0.4, -0.2) is 38.7 Å². The highest BCUT2D eigenvalue weighted by atomic mass is 19.1. The molecule has 3 heterocycles. The Hall–Kier alpha value is -4.02. The van der Waals surface area contributed by atoms with Crippen molar-refractivity contribution in [2.45, 2.75) is 32.9 Å². The van der Waals surface area contributed by atoms with Crippen LogP contribution in [0.3, 0.4) is 0 Å². The Morgan fingerprint density at radius 2 is 1.91 bits per heavy atom. The second-order valence-corrected chi connectivity index (χ2v) is 7.90. The van der Waals surface area contributed by atoms with Crippen molar-refractivity contribution < 1.29 is 18.7 Å². The van der Waals surface area contributed by atoms with Gasteiger partial charge in [0, 0.05) is 5.56 Å². The minimum Gasteiger partial charge on any atom is -0.447 e. The van der Waals surface area contributed by atoms with E-state index in [0.717, 1.165) is 0 Å². The number of anilines is 2. The van der Waals surface area contributed by atoms with Crippen molar-refractivity contribution in [3.05, 3.63) is 64.5 Å². The van der Waals surface area contributed by atoms with E-state index < -0.39 is 12.1 Å². The maximum absolute atomic E-state index is 13.0. The number of nitrogens with one attached hydrogen (secondary N) is 2. The van der Waals surface area contributed by atoms with Gasteiger partial charge in [0.05, 0.1) is 12.1 Å². The van der Waals surface area contributed by atoms with Gasteiger partial charge < -0.3 is 14.8 Å². The summed E-state index contributed by atoms with van der Waals surface area (Å²) in [5.41, 5.74) is 0.0518. The molecule has 0 aliphatic carbocycles. The molecule has 3 aromatic rings. The Bertz CT molecular complexity index is 1200. The molecule has 2 atom stereocenters. The second kappa shape index (κ2) is 9.23. The van der Waals surface area contributed by atoms with Crippen LogP contribution in [0.2, 0.25) is 0 Å². The number of cyclic esters (lactones) is 1. The van der Waals surface area contributed by atoms with Crippen molar-refractivity contribution in [2.75, 3.05) is 16.8 Å². The molecule has 2 aromatic heterocycles. The molecule has 1 unspecified atom stereocenters. The van der Waals surface area contributed by atoms with E-state index in [1.54, 1.807) is 19.1 Å². The molecular formula is C22H23FN6O4. The lowest BCUT2D eigenvalue weighted by molar-refractivity contribution is 0.177. The summed E-state index contributed by atoms with van der Waals surface area (Å²) in [6.45, 7) is 6.01. The van der Waals surface area contributed by atoms with Crippen molar-refractivity contribution in [3.63, 3.8) is 0 Å². The van der Waals surface area contributed by atoms with Crippen LogP contribution < -0.4 is 20.5 Å². The van der Waals surface area contributed by atoms with E-state index in [2.05, 4.69) is 25.3 Å². The number of hydrogen-bond acceptors (Lipinski definition) is 8. The molecule has 1 saturated heterocycles. The van der Waals surface area contributed by atoms with E-state index in [0.29, 0.717) is 11.3 Å². The highest BCUT2D eigenvalue weighted by molar-refractivity contribution is 5.88. The van der Waals surface area contributed by atoms with Gasteiger partial charge in [0.1, 0.15) is 24.5 Å². The third kappa shape index (κ3) is 4.92. The Balaban J connectivity index is 1.49. The van der Waals surface area contributed by atoms with E-state index in [1.807, 2.05) is 13.8 Å². The van der Waals surface area contributed by atoms with Crippen LogP contribution in [0, 0.1) is 11.7 Å². The summed E-state index contributed by atoms with van der Waals surface area (Å²) in [7, 11) is 0. The predicted molar refractivity (Wildman–Crippen MR) is 118 cm³/mol. The van der Waals surface area contributed by atoms with Crippen LogP contribution in [-0.2, 0) is 4.74 Å². The van der Waals surface area contributed by atoms with Gasteiger partial charge in [0.2, 0.25) is 11.9 Å². The monoisotopic (exact) mass is 454 g/mol. The molecule has 1 aromatic carbocycles. The van der Waals surface area contributed by atoms with Gasteiger partial charge in [0.25, 0.3) is 5.56 Å². The van der Waals surface area contributed by atoms with Crippen LogP contribution in [0.15, 0.2) is 47.5 Å². The Labute approximate surface area is 188 Å². The SMILES string of the molecule is CC(C)C1COC(=O)N1c1ncnc(N[C@@H](C)c2ccc(Oc3ccc(F)cc3)[nH]c2=O)n1. The van der Waals surface area contributed by atoms with Crippen molar-refractivity contribution in [1.29, 1.82) is 0 Å². The molecule has 0 radical (unpaired) electrons. The van der Waals surface area contributed by atoms with Gasteiger partial charge in [-0.05, 0) is 49.2 Å². The molecule has 33 heavy (non-hydrogen) atoms. The average molecular weight is 454 g/mol. The molecule has 0 spiro atoms. The lowest BCUT2D eigenvalue weighted by Crippen LogP contribution is -2.38. The van der Waals surface area contributed by atoms with E-state index in [4.69, 9.17) is 9.47 Å². The number of H-pyrrole nitrogens is 1. The molecule has 0 bridgehead atoms. The first-order valence-electron chi connectivity index (χ1n) is 10.4. The van der Waals surface area contributed by atoms with Crippen molar-refractivity contribution in [1.82, 2.24) is 19.9 Å². The van der Waals surface area contributed by atoms with E-state index >= 15 is 0 Å². The zero-order valence-corrected chi connectivity index (χ0v) is 18.3. The number of aromatic amines is 1. The van der Waals surface area contributed by atoms with Gasteiger partial charge in [-0.3, -0.25) is 9.78 Å². The van der Waals surface area contributed by atoms with E-state index in [9.17, 15) is 14.0 Å². The number of rotatable bonds is 7. The maximum atomic E-state index is 13.0. The number of amides is 1. The molecule has 1 aliphatic heterocycles. The van der Waals surface area contributed by atoms with Gasteiger partial charge in [-0.15, -0.1) is 0 Å². The minimum atomic E-state index is -0.507. The Kier molecular flexibility index (Phi) is 6.20. The van der Waals surface area contributed by atoms with Gasteiger partial charge in [0.15, 0.2) is 5.88 Å². The summed E-state index contributed by atoms with van der Waals surface area (Å²) in [5.74, 6) is 0.770. The zero-order valence-electron chi connectivity index (χ0n) is 18.3. The van der Waals surface area contributed by atoms with Crippen LogP contribution >= 0.6 is 0 Å². The summed E-state index contributed by atoms with van der Waals surface area (Å²) in [6, 6.07) is 8.03. The van der Waals surface area contributed by atoms with Crippen LogP contribution in [0.1, 0.15) is 32.4 Å². The molecule has 2 N–H and O–H groups in total. The molecule has 0 saturated carbocycles. The van der Waals surface area contributed by atoms with Gasteiger partial charge >= 0.3 is 6.09 Å². The highest BCUT2D eigenvalue weighted by Crippen LogP contribution is 2.25. The summed E-state index contributed by atoms with van der Waals surface area (Å²) in [4.78, 5) is 41.4. The Morgan fingerprint density at radius 3 is 2.61 bits per heavy atom.